The molecule has 4 nitrogen and oxygen atoms in total. The first-order valence-electron chi connectivity index (χ1n) is 7.30. The van der Waals surface area contributed by atoms with E-state index < -0.39 is 0 Å². The van der Waals surface area contributed by atoms with Gasteiger partial charge in [-0.2, -0.15) is 0 Å². The average Bonchev–Trinajstić information content (AvgIpc) is 3.10. The molecule has 4 heteroatoms. The molecule has 5 rings (SSSR count). The molecule has 0 N–H and O–H groups in total. The van der Waals surface area contributed by atoms with Crippen molar-refractivity contribution in [1.29, 1.82) is 0 Å². The first kappa shape index (κ1) is 11.7. The quantitative estimate of drug-likeness (QED) is 0.406. The summed E-state index contributed by atoms with van der Waals surface area (Å²) >= 11 is 0. The maximum absolute atomic E-state index is 4.62. The fourth-order valence-electron chi connectivity index (χ4n) is 3.49. The number of imidazole rings is 1. The highest BCUT2D eigenvalue weighted by Crippen LogP contribution is 2.36. The molecule has 0 aliphatic carbocycles. The van der Waals surface area contributed by atoms with Gasteiger partial charge in [0.15, 0.2) is 0 Å². The van der Waals surface area contributed by atoms with Crippen molar-refractivity contribution in [2.24, 2.45) is 14.1 Å². The summed E-state index contributed by atoms with van der Waals surface area (Å²) in [6.45, 7) is 0. The van der Waals surface area contributed by atoms with Crippen LogP contribution in [-0.2, 0) is 14.1 Å². The molecule has 0 aliphatic rings. The first-order valence-corrected chi connectivity index (χ1v) is 7.30. The van der Waals surface area contributed by atoms with E-state index in [-0.39, 0.29) is 0 Å². The van der Waals surface area contributed by atoms with Crippen LogP contribution < -0.4 is 0 Å². The van der Waals surface area contributed by atoms with Crippen LogP contribution in [0.25, 0.3) is 43.6 Å². The lowest BCUT2D eigenvalue weighted by atomic mass is 10.0. The first-order chi connectivity index (χ1) is 10.7. The molecule has 3 heterocycles. The second-order valence-corrected chi connectivity index (χ2v) is 5.83. The number of aryl methyl sites for hydroxylation is 2. The van der Waals surface area contributed by atoms with Crippen LogP contribution in [-0.4, -0.2) is 19.1 Å². The molecule has 0 amide bonds. The van der Waals surface area contributed by atoms with Crippen molar-refractivity contribution in [3.05, 3.63) is 49.1 Å². The molecule has 106 valence electrons. The van der Waals surface area contributed by atoms with E-state index in [2.05, 4.69) is 56.6 Å². The van der Waals surface area contributed by atoms with Crippen molar-refractivity contribution < 1.29 is 0 Å². The highest BCUT2D eigenvalue weighted by Gasteiger charge is 2.13. The Balaban J connectivity index is 2.20. The molecule has 0 atom stereocenters. The van der Waals surface area contributed by atoms with Gasteiger partial charge in [-0.25, -0.2) is 4.98 Å². The zero-order chi connectivity index (χ0) is 14.8. The van der Waals surface area contributed by atoms with E-state index in [4.69, 9.17) is 0 Å². The summed E-state index contributed by atoms with van der Waals surface area (Å²) in [5.41, 5.74) is 4.46. The van der Waals surface area contributed by atoms with Gasteiger partial charge in [-0.05, 0) is 29.7 Å². The molecule has 0 saturated carbocycles. The Morgan fingerprint density at radius 3 is 2.68 bits per heavy atom. The third-order valence-corrected chi connectivity index (χ3v) is 4.55. The zero-order valence-electron chi connectivity index (χ0n) is 12.4. The monoisotopic (exact) mass is 286 g/mol. The number of nitrogens with zero attached hydrogens (tertiary/aromatic N) is 4. The molecule has 0 fully saturated rings. The van der Waals surface area contributed by atoms with Crippen LogP contribution in [0.4, 0.5) is 0 Å². The minimum atomic E-state index is 1.02. The summed E-state index contributed by atoms with van der Waals surface area (Å²) in [6, 6.07) is 10.7. The molecule has 0 saturated heterocycles. The Kier molecular flexibility index (Phi) is 2.06. The SMILES string of the molecule is Cn1cnc2cc3c4cccnc4c4ccn(C)c4c3cc21. The Hall–Kier alpha value is -2.88. The van der Waals surface area contributed by atoms with Gasteiger partial charge in [-0.15, -0.1) is 0 Å². The molecular formula is C18H14N4. The van der Waals surface area contributed by atoms with E-state index in [9.17, 15) is 0 Å². The number of pyridine rings is 1. The Morgan fingerprint density at radius 2 is 1.77 bits per heavy atom. The fraction of sp³-hybridized carbons (Fsp3) is 0.111. The number of rotatable bonds is 0. The zero-order valence-corrected chi connectivity index (χ0v) is 12.4. The highest BCUT2D eigenvalue weighted by atomic mass is 15.0. The molecule has 0 bridgehead atoms. The van der Waals surface area contributed by atoms with E-state index in [1.165, 1.54) is 27.1 Å². The van der Waals surface area contributed by atoms with Gasteiger partial charge in [-0.3, -0.25) is 4.98 Å². The second-order valence-electron chi connectivity index (χ2n) is 5.83. The predicted octanol–water partition coefficient (Wildman–Crippen LogP) is 3.77. The van der Waals surface area contributed by atoms with Gasteiger partial charge in [0.25, 0.3) is 0 Å². The van der Waals surface area contributed by atoms with Crippen LogP contribution in [0.1, 0.15) is 0 Å². The van der Waals surface area contributed by atoms with Gasteiger partial charge >= 0.3 is 0 Å². The number of fused-ring (bicyclic) bond motifs is 7. The topological polar surface area (TPSA) is 35.6 Å². The van der Waals surface area contributed by atoms with Crippen molar-refractivity contribution in [3.63, 3.8) is 0 Å². The van der Waals surface area contributed by atoms with Gasteiger partial charge < -0.3 is 9.13 Å². The molecule has 0 aliphatic heterocycles. The molecule has 5 aromatic rings. The molecule has 22 heavy (non-hydrogen) atoms. The third-order valence-electron chi connectivity index (χ3n) is 4.55. The van der Waals surface area contributed by atoms with Crippen molar-refractivity contribution in [1.82, 2.24) is 19.1 Å². The Morgan fingerprint density at radius 1 is 0.864 bits per heavy atom. The van der Waals surface area contributed by atoms with Crippen LogP contribution >= 0.6 is 0 Å². The summed E-state index contributed by atoms with van der Waals surface area (Å²) in [6.07, 6.45) is 5.83. The number of aromatic nitrogens is 4. The van der Waals surface area contributed by atoms with Gasteiger partial charge in [0.1, 0.15) is 0 Å². The number of benzene rings is 2. The van der Waals surface area contributed by atoms with Crippen molar-refractivity contribution in [2.45, 2.75) is 0 Å². The summed E-state index contributed by atoms with van der Waals surface area (Å²) in [7, 11) is 4.12. The van der Waals surface area contributed by atoms with Crippen LogP contribution in [0.3, 0.4) is 0 Å². The van der Waals surface area contributed by atoms with Crippen LogP contribution in [0, 0.1) is 0 Å². The van der Waals surface area contributed by atoms with Crippen molar-refractivity contribution in [2.75, 3.05) is 0 Å². The minimum Gasteiger partial charge on any atom is -0.350 e. The van der Waals surface area contributed by atoms with Gasteiger partial charge in [0, 0.05) is 42.6 Å². The summed E-state index contributed by atoms with van der Waals surface area (Å²) in [5, 5.41) is 4.85. The maximum Gasteiger partial charge on any atom is 0.0955 e. The van der Waals surface area contributed by atoms with E-state index in [1.54, 1.807) is 0 Å². The van der Waals surface area contributed by atoms with Gasteiger partial charge in [-0.1, -0.05) is 6.07 Å². The van der Waals surface area contributed by atoms with E-state index in [0.717, 1.165) is 16.6 Å². The molecule has 0 radical (unpaired) electrons. The highest BCUT2D eigenvalue weighted by molar-refractivity contribution is 6.25. The molecule has 0 unspecified atom stereocenters. The minimum absolute atomic E-state index is 1.02. The predicted molar refractivity (Wildman–Crippen MR) is 90.0 cm³/mol. The van der Waals surface area contributed by atoms with Crippen LogP contribution in [0.5, 0.6) is 0 Å². The van der Waals surface area contributed by atoms with Crippen LogP contribution in [0.2, 0.25) is 0 Å². The standard InChI is InChI=1S/C18H14N4/c1-21-7-5-12-17-11(4-3-6-19-17)13-8-15-16(22(2)10-20-15)9-14(13)18(12)21/h3-10H,1-2H3. The van der Waals surface area contributed by atoms with E-state index in [0.29, 0.717) is 0 Å². The largest absolute Gasteiger partial charge is 0.350 e. The normalized spacial score (nSPS) is 12.1. The summed E-state index contributed by atoms with van der Waals surface area (Å²) in [5.74, 6) is 0. The lowest BCUT2D eigenvalue weighted by Crippen LogP contribution is -1.90. The lowest BCUT2D eigenvalue weighted by Gasteiger charge is -2.09. The average molecular weight is 286 g/mol. The van der Waals surface area contributed by atoms with E-state index in [1.807, 2.05) is 25.6 Å². The smallest absolute Gasteiger partial charge is 0.0955 e. The Labute approximate surface area is 126 Å². The molecule has 0 spiro atoms. The van der Waals surface area contributed by atoms with Crippen molar-refractivity contribution in [3.8, 4) is 0 Å². The fourth-order valence-corrected chi connectivity index (χ4v) is 3.49. The lowest BCUT2D eigenvalue weighted by molar-refractivity contribution is 0.948. The maximum atomic E-state index is 4.62. The van der Waals surface area contributed by atoms with Gasteiger partial charge in [0.2, 0.25) is 0 Å². The van der Waals surface area contributed by atoms with Crippen LogP contribution in [0.15, 0.2) is 49.1 Å². The molecule has 2 aromatic carbocycles. The second kappa shape index (κ2) is 3.85. The van der Waals surface area contributed by atoms with E-state index >= 15 is 0 Å². The van der Waals surface area contributed by atoms with Crippen molar-refractivity contribution >= 4 is 43.6 Å². The van der Waals surface area contributed by atoms with Gasteiger partial charge in [0.05, 0.1) is 28.4 Å². The molecule has 3 aromatic heterocycles. The summed E-state index contributed by atoms with van der Waals surface area (Å²) < 4.78 is 4.24. The Bertz CT molecular complexity index is 1190. The third kappa shape index (κ3) is 1.32. The molecular weight excluding hydrogens is 272 g/mol. The number of hydrogen-bond donors (Lipinski definition) is 0. The summed E-state index contributed by atoms with van der Waals surface area (Å²) in [4.78, 5) is 9.12. The number of hydrogen-bond acceptors (Lipinski definition) is 2.